The van der Waals surface area contributed by atoms with E-state index in [1.165, 1.54) is 6.07 Å². The van der Waals surface area contributed by atoms with Gasteiger partial charge in [0.1, 0.15) is 5.82 Å². The molecule has 0 aliphatic heterocycles. The molecule has 0 aliphatic rings. The van der Waals surface area contributed by atoms with Gasteiger partial charge in [-0.3, -0.25) is 0 Å². The van der Waals surface area contributed by atoms with Crippen molar-refractivity contribution < 1.29 is 13.9 Å². The fraction of sp³-hybridized carbons (Fsp3) is 0.571. The van der Waals surface area contributed by atoms with Crippen LogP contribution in [0.1, 0.15) is 25.5 Å². The molecule has 0 bridgehead atoms. The van der Waals surface area contributed by atoms with Crippen LogP contribution in [0.2, 0.25) is 0 Å². The Bertz CT molecular complexity index is 344. The fourth-order valence-corrected chi connectivity index (χ4v) is 2.25. The number of hydrogen-bond donors (Lipinski definition) is 0. The molecule has 0 radical (unpaired) electrons. The number of hydrogen-bond acceptors (Lipinski definition) is 2. The van der Waals surface area contributed by atoms with Crippen molar-refractivity contribution in [1.29, 1.82) is 0 Å². The fourth-order valence-electron chi connectivity index (χ4n) is 1.52. The van der Waals surface area contributed by atoms with Gasteiger partial charge in [0, 0.05) is 16.6 Å². The quantitative estimate of drug-likeness (QED) is 0.394. The lowest BCUT2D eigenvalue weighted by atomic mass is 10.1. The Kier molecular flexibility index (Phi) is 7.77. The maximum Gasteiger partial charge on any atom is 0.129 e. The second-order valence-electron chi connectivity index (χ2n) is 4.50. The average Bonchev–Trinajstić information content (AvgIpc) is 2.35. The Labute approximate surface area is 122 Å². The third-order valence-corrected chi connectivity index (χ3v) is 3.19. The molecule has 1 rings (SSSR count). The molecule has 2 nitrogen and oxygen atoms in total. The highest BCUT2D eigenvalue weighted by Gasteiger charge is 2.14. The predicted octanol–water partition coefficient (Wildman–Crippen LogP) is 3.99. The van der Waals surface area contributed by atoms with Crippen LogP contribution in [-0.4, -0.2) is 24.2 Å². The minimum Gasteiger partial charge on any atom is -0.379 e. The van der Waals surface area contributed by atoms with Crippen LogP contribution >= 0.6 is 22.6 Å². The lowest BCUT2D eigenvalue weighted by Gasteiger charge is -2.16. The highest BCUT2D eigenvalue weighted by molar-refractivity contribution is 14.1. The van der Waals surface area contributed by atoms with Gasteiger partial charge < -0.3 is 9.47 Å². The zero-order valence-corrected chi connectivity index (χ0v) is 13.0. The van der Waals surface area contributed by atoms with E-state index in [2.05, 4.69) is 36.4 Å². The normalized spacial score (nSPS) is 12.9. The van der Waals surface area contributed by atoms with E-state index in [9.17, 15) is 4.39 Å². The SMILES string of the molecule is CC(C)COCCOC(CI)c1ccccc1F. The van der Waals surface area contributed by atoms with Gasteiger partial charge in [-0.15, -0.1) is 0 Å². The summed E-state index contributed by atoms with van der Waals surface area (Å²) in [6, 6.07) is 6.76. The summed E-state index contributed by atoms with van der Waals surface area (Å²) < 4.78 is 25.4. The molecule has 0 fully saturated rings. The molecule has 18 heavy (non-hydrogen) atoms. The number of benzene rings is 1. The highest BCUT2D eigenvalue weighted by atomic mass is 127. The molecule has 1 unspecified atom stereocenters. The molecule has 1 aromatic carbocycles. The molecule has 0 amide bonds. The summed E-state index contributed by atoms with van der Waals surface area (Å²) in [6.07, 6.45) is -0.200. The summed E-state index contributed by atoms with van der Waals surface area (Å²) in [6.45, 7) is 5.99. The number of ether oxygens (including phenoxy) is 2. The summed E-state index contributed by atoms with van der Waals surface area (Å²) in [5.74, 6) is 0.319. The van der Waals surface area contributed by atoms with Crippen molar-refractivity contribution in [2.75, 3.05) is 24.2 Å². The standard InChI is InChI=1S/C14H20FIO2/c1-11(2)10-17-7-8-18-14(9-16)12-5-3-4-6-13(12)15/h3-6,11,14H,7-10H2,1-2H3. The molecule has 1 atom stereocenters. The molecule has 0 saturated carbocycles. The molecule has 1 aromatic rings. The van der Waals surface area contributed by atoms with Crippen LogP contribution < -0.4 is 0 Å². The summed E-state index contributed by atoms with van der Waals surface area (Å²) in [7, 11) is 0. The van der Waals surface area contributed by atoms with Crippen molar-refractivity contribution in [3.63, 3.8) is 0 Å². The maximum absolute atomic E-state index is 13.6. The lowest BCUT2D eigenvalue weighted by Crippen LogP contribution is -2.13. The molecule has 102 valence electrons. The first-order valence-electron chi connectivity index (χ1n) is 6.15. The van der Waals surface area contributed by atoms with E-state index in [0.29, 0.717) is 24.7 Å². The molecule has 0 aliphatic carbocycles. The molecule has 0 saturated heterocycles. The van der Waals surface area contributed by atoms with E-state index in [0.717, 1.165) is 11.0 Å². The topological polar surface area (TPSA) is 18.5 Å². The van der Waals surface area contributed by atoms with E-state index >= 15 is 0 Å². The average molecular weight is 366 g/mol. The van der Waals surface area contributed by atoms with Gasteiger partial charge in [-0.1, -0.05) is 54.6 Å². The molecular formula is C14H20FIO2. The van der Waals surface area contributed by atoms with E-state index < -0.39 is 0 Å². The van der Waals surface area contributed by atoms with Crippen molar-refractivity contribution in [3.8, 4) is 0 Å². The van der Waals surface area contributed by atoms with Gasteiger partial charge in [-0.2, -0.15) is 0 Å². The van der Waals surface area contributed by atoms with Gasteiger partial charge in [-0.25, -0.2) is 4.39 Å². The predicted molar refractivity (Wildman–Crippen MR) is 79.6 cm³/mol. The van der Waals surface area contributed by atoms with Crippen LogP contribution in [0.4, 0.5) is 4.39 Å². The minimum absolute atomic E-state index is 0.200. The smallest absolute Gasteiger partial charge is 0.129 e. The molecule has 0 aromatic heterocycles. The zero-order chi connectivity index (χ0) is 13.4. The van der Waals surface area contributed by atoms with Crippen molar-refractivity contribution in [2.24, 2.45) is 5.92 Å². The monoisotopic (exact) mass is 366 g/mol. The van der Waals surface area contributed by atoms with Crippen molar-refractivity contribution >= 4 is 22.6 Å². The first kappa shape index (κ1) is 15.9. The first-order valence-corrected chi connectivity index (χ1v) is 7.67. The third-order valence-electron chi connectivity index (χ3n) is 2.39. The van der Waals surface area contributed by atoms with Gasteiger partial charge >= 0.3 is 0 Å². The lowest BCUT2D eigenvalue weighted by molar-refractivity contribution is 0.00707. The summed E-state index contributed by atoms with van der Waals surface area (Å²) >= 11 is 2.21. The highest BCUT2D eigenvalue weighted by Crippen LogP contribution is 2.22. The van der Waals surface area contributed by atoms with Gasteiger partial charge in [0.05, 0.1) is 19.3 Å². The molecule has 0 heterocycles. The van der Waals surface area contributed by atoms with Gasteiger partial charge in [0.15, 0.2) is 0 Å². The second-order valence-corrected chi connectivity index (χ2v) is 5.38. The number of alkyl halides is 1. The van der Waals surface area contributed by atoms with Crippen molar-refractivity contribution in [3.05, 3.63) is 35.6 Å². The Hall–Kier alpha value is -0.200. The molecule has 0 spiro atoms. The Morgan fingerprint density at radius 3 is 2.56 bits per heavy atom. The number of halogens is 2. The van der Waals surface area contributed by atoms with Crippen molar-refractivity contribution in [1.82, 2.24) is 0 Å². The largest absolute Gasteiger partial charge is 0.379 e. The first-order chi connectivity index (χ1) is 8.65. The van der Waals surface area contributed by atoms with Gasteiger partial charge in [-0.05, 0) is 12.0 Å². The second kappa shape index (κ2) is 8.82. The van der Waals surface area contributed by atoms with Crippen molar-refractivity contribution in [2.45, 2.75) is 20.0 Å². The molecule has 0 N–H and O–H groups in total. The summed E-state index contributed by atoms with van der Waals surface area (Å²) in [5.41, 5.74) is 0.621. The van der Waals surface area contributed by atoms with Crippen LogP contribution in [0.25, 0.3) is 0 Å². The Balaban J connectivity index is 2.36. The minimum atomic E-state index is -0.206. The third kappa shape index (κ3) is 5.63. The van der Waals surface area contributed by atoms with Crippen LogP contribution in [-0.2, 0) is 9.47 Å². The Morgan fingerprint density at radius 1 is 1.22 bits per heavy atom. The van der Waals surface area contributed by atoms with Crippen LogP contribution in [0.15, 0.2) is 24.3 Å². The van der Waals surface area contributed by atoms with Crippen LogP contribution in [0.5, 0.6) is 0 Å². The summed E-state index contributed by atoms with van der Waals surface area (Å²) in [4.78, 5) is 0. The summed E-state index contributed by atoms with van der Waals surface area (Å²) in [5, 5.41) is 0. The maximum atomic E-state index is 13.6. The Morgan fingerprint density at radius 2 is 1.94 bits per heavy atom. The van der Waals surface area contributed by atoms with E-state index in [4.69, 9.17) is 9.47 Å². The molecular weight excluding hydrogens is 346 g/mol. The van der Waals surface area contributed by atoms with Crippen LogP contribution in [0.3, 0.4) is 0 Å². The van der Waals surface area contributed by atoms with E-state index in [1.54, 1.807) is 12.1 Å². The van der Waals surface area contributed by atoms with Gasteiger partial charge in [0.2, 0.25) is 0 Å². The number of rotatable bonds is 8. The molecule has 4 heteroatoms. The van der Waals surface area contributed by atoms with Crippen LogP contribution in [0, 0.1) is 11.7 Å². The van der Waals surface area contributed by atoms with E-state index in [-0.39, 0.29) is 11.9 Å². The van der Waals surface area contributed by atoms with E-state index in [1.807, 2.05) is 6.07 Å². The zero-order valence-electron chi connectivity index (χ0n) is 10.9. The van der Waals surface area contributed by atoms with Gasteiger partial charge in [0.25, 0.3) is 0 Å².